The molecule has 4 heterocycles. The number of imidazole rings is 1. The number of nitrogens with one attached hydrogen (secondary N) is 3. The lowest BCUT2D eigenvalue weighted by Gasteiger charge is -2.35. The predicted octanol–water partition coefficient (Wildman–Crippen LogP) is 2.11. The second-order valence-electron chi connectivity index (χ2n) is 7.92. The molecule has 1 fully saturated rings. The van der Waals surface area contributed by atoms with Crippen LogP contribution in [0.1, 0.15) is 27.4 Å². The van der Waals surface area contributed by atoms with Gasteiger partial charge in [-0.05, 0) is 37.1 Å². The summed E-state index contributed by atoms with van der Waals surface area (Å²) in [6, 6.07) is 6.84. The van der Waals surface area contributed by atoms with Gasteiger partial charge in [0.25, 0.3) is 11.5 Å². The monoisotopic (exact) mass is 481 g/mol. The van der Waals surface area contributed by atoms with Crippen molar-refractivity contribution in [2.75, 3.05) is 24.7 Å². The number of methoxy groups -OCH3 is 1. The molecule has 4 aromatic rings. The Kier molecular flexibility index (Phi) is 4.97. The molecule has 4 aromatic heterocycles. The molecule has 35 heavy (non-hydrogen) atoms. The van der Waals surface area contributed by atoms with Crippen molar-refractivity contribution in [1.29, 1.82) is 0 Å². The van der Waals surface area contributed by atoms with Gasteiger partial charge in [-0.2, -0.15) is 0 Å². The van der Waals surface area contributed by atoms with Gasteiger partial charge < -0.3 is 20.7 Å². The molecule has 5 rings (SSSR count). The molecule has 1 saturated carbocycles. The highest BCUT2D eigenvalue weighted by molar-refractivity contribution is 5.94. The number of amides is 1. The van der Waals surface area contributed by atoms with E-state index in [9.17, 15) is 14.0 Å². The number of carbonyl (C=O) groups is 1. The van der Waals surface area contributed by atoms with Crippen LogP contribution in [0.5, 0.6) is 0 Å². The van der Waals surface area contributed by atoms with Gasteiger partial charge in [0, 0.05) is 32.5 Å². The van der Waals surface area contributed by atoms with Gasteiger partial charge in [-0.3, -0.25) is 14.2 Å². The maximum Gasteiger partial charge on any atom is 0.280 e. The molecule has 3 N–H and O–H groups in total. The van der Waals surface area contributed by atoms with Gasteiger partial charge >= 0.3 is 0 Å². The van der Waals surface area contributed by atoms with Gasteiger partial charge in [0.1, 0.15) is 5.69 Å². The third kappa shape index (κ3) is 4.08. The van der Waals surface area contributed by atoms with Crippen molar-refractivity contribution >= 4 is 28.7 Å². The van der Waals surface area contributed by atoms with E-state index >= 15 is 0 Å². The summed E-state index contributed by atoms with van der Waals surface area (Å²) < 4.78 is 43.5. The number of nitrogens with zero attached hydrogens (tertiary/aromatic N) is 5. The van der Waals surface area contributed by atoms with E-state index in [1.165, 1.54) is 41.3 Å². The fourth-order valence-corrected chi connectivity index (χ4v) is 3.83. The number of halogens is 1. The average Bonchev–Trinajstić information content (AvgIpc) is 3.30. The molecule has 1 amide bonds. The minimum absolute atomic E-state index is 0.0942. The zero-order valence-corrected chi connectivity index (χ0v) is 18.5. The molecule has 0 aliphatic heterocycles. The van der Waals surface area contributed by atoms with Gasteiger partial charge in [-0.1, -0.05) is 0 Å². The topological polar surface area (TPSA) is 127 Å². The van der Waals surface area contributed by atoms with E-state index in [0.29, 0.717) is 24.2 Å². The molecule has 11 nitrogen and oxygen atoms in total. The van der Waals surface area contributed by atoms with E-state index in [4.69, 9.17) is 8.85 Å². The Balaban J connectivity index is 1.44. The highest BCUT2D eigenvalue weighted by Crippen LogP contribution is 2.24. The molecule has 180 valence electrons. The quantitative estimate of drug-likeness (QED) is 0.366. The summed E-state index contributed by atoms with van der Waals surface area (Å²) in [5.41, 5.74) is 0.498. The fraction of sp³-hybridized carbons (Fsp3) is 0.261. The summed E-state index contributed by atoms with van der Waals surface area (Å²) in [6.07, 6.45) is 4.60. The maximum absolute atomic E-state index is 14.2. The highest BCUT2D eigenvalue weighted by atomic mass is 19.1. The first-order valence-electron chi connectivity index (χ1n) is 12.3. The number of fused-ring (bicyclic) bond motifs is 1. The van der Waals surface area contributed by atoms with Crippen molar-refractivity contribution in [3.8, 4) is 5.82 Å². The van der Waals surface area contributed by atoms with Gasteiger partial charge in [0.05, 0.1) is 28.1 Å². The summed E-state index contributed by atoms with van der Waals surface area (Å²) in [5.74, 6) is -1.11. The van der Waals surface area contributed by atoms with Crippen molar-refractivity contribution in [2.45, 2.75) is 25.0 Å². The lowest BCUT2D eigenvalue weighted by atomic mass is 9.89. The van der Waals surface area contributed by atoms with Crippen LogP contribution in [0, 0.1) is 5.82 Å². The van der Waals surface area contributed by atoms with Crippen molar-refractivity contribution in [1.82, 2.24) is 29.5 Å². The van der Waals surface area contributed by atoms with Gasteiger partial charge in [0.2, 0.25) is 0 Å². The van der Waals surface area contributed by atoms with E-state index in [0.717, 1.165) is 4.57 Å². The van der Waals surface area contributed by atoms with Crippen LogP contribution in [0.15, 0.2) is 53.7 Å². The first kappa shape index (κ1) is 19.0. The zero-order valence-electron chi connectivity index (χ0n) is 21.5. The highest BCUT2D eigenvalue weighted by Gasteiger charge is 2.33. The van der Waals surface area contributed by atoms with Crippen LogP contribution in [0.3, 0.4) is 0 Å². The molecule has 12 heteroatoms. The Morgan fingerprint density at radius 3 is 2.89 bits per heavy atom. The summed E-state index contributed by atoms with van der Waals surface area (Å²) in [5, 5.41) is 13.1. The third-order valence-electron chi connectivity index (χ3n) is 5.83. The Bertz CT molecular complexity index is 1570. The lowest BCUT2D eigenvalue weighted by molar-refractivity contribution is 0.00718. The first-order chi connectivity index (χ1) is 18.1. The molecule has 2 atom stereocenters. The number of aromatic nitrogens is 5. The SMILES string of the molecule is [2H]C([2H])([2H])O[C@H]1CC[C@@H]1NC(=O)c1cnc2c(NC)cc(Nc3cccn(-c4ncccc4F)c3=O)nn12. The Morgan fingerprint density at radius 1 is 1.26 bits per heavy atom. The molecule has 1 aliphatic carbocycles. The van der Waals surface area contributed by atoms with E-state index in [-0.39, 0.29) is 23.0 Å². The number of anilines is 3. The standard InChI is InChI=1S/C23H23FN8O3/c1-25-16-11-19(28-15-6-4-10-31(23(15)34)20-13(24)5-3-9-26-20)30-32-17(12-27-21(16)32)22(33)29-14-7-8-18(14)35-2/h3-6,9-12,14,18,25H,7-8H2,1-2H3,(H,28,30)(H,29,33)/t14-,18-/m0/s1/i2D3. The maximum atomic E-state index is 14.2. The number of ether oxygens (including phenoxy) is 1. The minimum atomic E-state index is -2.56. The second kappa shape index (κ2) is 9.14. The third-order valence-corrected chi connectivity index (χ3v) is 5.83. The summed E-state index contributed by atoms with van der Waals surface area (Å²) >= 11 is 0. The van der Waals surface area contributed by atoms with E-state index < -0.39 is 36.5 Å². The largest absolute Gasteiger partial charge is 0.385 e. The van der Waals surface area contributed by atoms with Crippen LogP contribution in [0.2, 0.25) is 0 Å². The first-order valence-corrected chi connectivity index (χ1v) is 10.8. The van der Waals surface area contributed by atoms with Crippen LogP contribution < -0.4 is 21.5 Å². The lowest BCUT2D eigenvalue weighted by Crippen LogP contribution is -2.51. The number of hydrogen-bond acceptors (Lipinski definition) is 8. The normalized spacial score (nSPS) is 18.7. The molecule has 0 bridgehead atoms. The molecule has 0 radical (unpaired) electrons. The second-order valence-corrected chi connectivity index (χ2v) is 7.92. The Labute approximate surface area is 203 Å². The van der Waals surface area contributed by atoms with Crippen molar-refractivity contribution in [2.24, 2.45) is 0 Å². The predicted molar refractivity (Wildman–Crippen MR) is 127 cm³/mol. The Hall–Kier alpha value is -4.32. The van der Waals surface area contributed by atoms with Crippen molar-refractivity contribution in [3.63, 3.8) is 0 Å². The van der Waals surface area contributed by atoms with Gasteiger partial charge in [0.15, 0.2) is 28.8 Å². The fourth-order valence-electron chi connectivity index (χ4n) is 3.83. The van der Waals surface area contributed by atoms with Crippen LogP contribution >= 0.6 is 0 Å². The summed E-state index contributed by atoms with van der Waals surface area (Å²) in [6.45, 7) is 0. The van der Waals surface area contributed by atoms with E-state index in [2.05, 4.69) is 31.0 Å². The van der Waals surface area contributed by atoms with Crippen LogP contribution in [-0.2, 0) is 4.74 Å². The zero-order chi connectivity index (χ0) is 27.0. The number of rotatable bonds is 7. The molecule has 0 unspecified atom stereocenters. The minimum Gasteiger partial charge on any atom is -0.385 e. The van der Waals surface area contributed by atoms with Crippen molar-refractivity contribution < 1.29 is 18.0 Å². The molecule has 0 spiro atoms. The van der Waals surface area contributed by atoms with Crippen LogP contribution in [0.25, 0.3) is 11.5 Å². The number of pyridine rings is 2. The van der Waals surface area contributed by atoms with Crippen LogP contribution in [0.4, 0.5) is 21.6 Å². The molecular weight excluding hydrogens is 455 g/mol. The molecule has 1 aliphatic rings. The smallest absolute Gasteiger partial charge is 0.280 e. The van der Waals surface area contributed by atoms with Crippen LogP contribution in [-0.4, -0.2) is 56.3 Å². The molecule has 0 saturated heterocycles. The summed E-state index contributed by atoms with van der Waals surface area (Å²) in [4.78, 5) is 34.4. The number of carbonyl (C=O) groups excluding carboxylic acids is 1. The molecular formula is C23H23FN8O3. The van der Waals surface area contributed by atoms with E-state index in [1.54, 1.807) is 19.2 Å². The molecule has 0 aromatic carbocycles. The van der Waals surface area contributed by atoms with Gasteiger partial charge in [-0.25, -0.2) is 18.9 Å². The summed E-state index contributed by atoms with van der Waals surface area (Å²) in [7, 11) is -0.891. The van der Waals surface area contributed by atoms with E-state index in [1.807, 2.05) is 0 Å². The Morgan fingerprint density at radius 2 is 2.14 bits per heavy atom. The van der Waals surface area contributed by atoms with Gasteiger partial charge in [-0.15, -0.1) is 5.10 Å². The van der Waals surface area contributed by atoms with Crippen molar-refractivity contribution in [3.05, 3.63) is 70.8 Å². The number of hydrogen-bond donors (Lipinski definition) is 3. The average molecular weight is 482 g/mol.